The first-order valence-corrected chi connectivity index (χ1v) is 0.494. The topological polar surface area (TPSA) is 37.3 Å². The van der Waals surface area contributed by atoms with Gasteiger partial charge in [0.05, 0.1) is 0 Å². The van der Waals surface area contributed by atoms with Crippen LogP contribution in [-0.2, 0) is 4.79 Å². The van der Waals surface area contributed by atoms with Crippen molar-refractivity contribution in [3.8, 4) is 0 Å². The van der Waals surface area contributed by atoms with Gasteiger partial charge in [0.1, 0.15) is 0 Å². The van der Waals surface area contributed by atoms with E-state index >= 15 is 0 Å². The van der Waals surface area contributed by atoms with Gasteiger partial charge in [-0.05, 0) is 0 Å². The fourth-order valence-electron chi connectivity index (χ4n) is 0. The first-order valence-electron chi connectivity index (χ1n) is 0.494. The first-order chi connectivity index (χ1) is 1.41. The zero-order valence-corrected chi connectivity index (χ0v) is 5.71. The summed E-state index contributed by atoms with van der Waals surface area (Å²) in [5.41, 5.74) is 0. The van der Waals surface area contributed by atoms with Crippen molar-refractivity contribution in [3.05, 3.63) is 0 Å². The van der Waals surface area contributed by atoms with Gasteiger partial charge in [-0.3, -0.25) is 4.79 Å². The summed E-state index contributed by atoms with van der Waals surface area (Å²) in [6.07, 6.45) is 0. The van der Waals surface area contributed by atoms with E-state index < -0.39 is 0 Å². The van der Waals surface area contributed by atoms with Crippen LogP contribution >= 0.6 is 0 Å². The summed E-state index contributed by atoms with van der Waals surface area (Å²) < 4.78 is 0. The van der Waals surface area contributed by atoms with E-state index in [2.05, 4.69) is 0 Å². The van der Waals surface area contributed by atoms with Gasteiger partial charge in [-0.1, -0.05) is 0 Å². The summed E-state index contributed by atoms with van der Waals surface area (Å²) >= 11 is 0. The fourth-order valence-corrected chi connectivity index (χ4v) is 0. The molecule has 21 valence electrons. The molecule has 2 nitrogen and oxygen atoms in total. The Balaban J connectivity index is 0. The van der Waals surface area contributed by atoms with Gasteiger partial charge in [-0.15, -0.1) is 0 Å². The zero-order valence-electron chi connectivity index (χ0n) is 2.01. The van der Waals surface area contributed by atoms with Crippen LogP contribution in [0.25, 0.3) is 0 Å². The standard InChI is InChI=1S/CH2O2.Pr/c2-1-3;/h1H,(H,2,3);. The molecule has 0 aliphatic carbocycles. The third kappa shape index (κ3) is 13.7. The molecular formula is CH2O2Pr. The molecule has 0 aromatic heterocycles. The number of hydrogen-bond acceptors (Lipinski definition) is 1. The molecule has 0 aliphatic rings. The molecule has 0 aromatic rings. The van der Waals surface area contributed by atoms with Gasteiger partial charge in [0.15, 0.2) is 0 Å². The van der Waals surface area contributed by atoms with Crippen molar-refractivity contribution < 1.29 is 51.2 Å². The molecule has 3 heteroatoms. The Morgan fingerprint density at radius 1 is 1.75 bits per heavy atom. The first kappa shape index (κ1) is 8.85. The van der Waals surface area contributed by atoms with Crippen LogP contribution in [0.4, 0.5) is 0 Å². The third-order valence-corrected chi connectivity index (χ3v) is 0. The summed E-state index contributed by atoms with van der Waals surface area (Å²) in [6.45, 7) is -0.250. The molecular weight excluding hydrogens is 185 g/mol. The van der Waals surface area contributed by atoms with Crippen LogP contribution in [0.5, 0.6) is 0 Å². The van der Waals surface area contributed by atoms with E-state index in [1.807, 2.05) is 0 Å². The van der Waals surface area contributed by atoms with Gasteiger partial charge in [0, 0.05) is 41.3 Å². The van der Waals surface area contributed by atoms with Crippen molar-refractivity contribution in [3.63, 3.8) is 0 Å². The molecule has 0 unspecified atom stereocenters. The Morgan fingerprint density at radius 2 is 1.75 bits per heavy atom. The Labute approximate surface area is 57.1 Å². The van der Waals surface area contributed by atoms with Gasteiger partial charge >= 0.3 is 0 Å². The van der Waals surface area contributed by atoms with Crippen LogP contribution in [0.3, 0.4) is 0 Å². The summed E-state index contributed by atoms with van der Waals surface area (Å²) in [7, 11) is 0. The fraction of sp³-hybridized carbons (Fsp3) is 0. The summed E-state index contributed by atoms with van der Waals surface area (Å²) in [4.78, 5) is 8.36. The second-order valence-corrected chi connectivity index (χ2v) is 0.105. The summed E-state index contributed by atoms with van der Waals surface area (Å²) in [5, 5.41) is 6.89. The average molecular weight is 187 g/mol. The van der Waals surface area contributed by atoms with E-state index in [0.29, 0.717) is 0 Å². The van der Waals surface area contributed by atoms with Gasteiger partial charge in [-0.25, -0.2) is 0 Å². The molecule has 0 aliphatic heterocycles. The molecule has 0 aromatic carbocycles. The maximum Gasteiger partial charge on any atom is 0.290 e. The number of carboxylic acid groups (broad SMARTS) is 1. The molecule has 0 atom stereocenters. The van der Waals surface area contributed by atoms with Crippen LogP contribution < -0.4 is 0 Å². The number of hydrogen-bond donors (Lipinski definition) is 1. The van der Waals surface area contributed by atoms with Crippen molar-refractivity contribution in [2.24, 2.45) is 0 Å². The normalized spacial score (nSPS) is 3.00. The molecule has 0 bridgehead atoms. The quantitative estimate of drug-likeness (QED) is 0.528. The van der Waals surface area contributed by atoms with E-state index in [1.54, 1.807) is 0 Å². The third-order valence-electron chi connectivity index (χ3n) is 0. The van der Waals surface area contributed by atoms with Crippen molar-refractivity contribution in [2.45, 2.75) is 0 Å². The molecule has 0 amide bonds. The van der Waals surface area contributed by atoms with Crippen LogP contribution in [0.2, 0.25) is 0 Å². The molecule has 0 saturated heterocycles. The zero-order chi connectivity index (χ0) is 2.71. The number of rotatable bonds is 0. The maximum atomic E-state index is 8.36. The minimum absolute atomic E-state index is 0. The molecule has 0 spiro atoms. The molecule has 0 rings (SSSR count). The summed E-state index contributed by atoms with van der Waals surface area (Å²) in [6, 6.07) is 0. The smallest absolute Gasteiger partial charge is 0.290 e. The van der Waals surface area contributed by atoms with Crippen LogP contribution in [-0.4, -0.2) is 11.6 Å². The second kappa shape index (κ2) is 9.16. The monoisotopic (exact) mass is 187 g/mol. The van der Waals surface area contributed by atoms with Crippen molar-refractivity contribution >= 4 is 6.47 Å². The molecule has 4 heavy (non-hydrogen) atoms. The van der Waals surface area contributed by atoms with Gasteiger partial charge in [-0.2, -0.15) is 0 Å². The largest absolute Gasteiger partial charge is 0.483 e. The van der Waals surface area contributed by atoms with E-state index in [1.165, 1.54) is 0 Å². The number of carbonyl (C=O) groups is 1. The van der Waals surface area contributed by atoms with Crippen molar-refractivity contribution in [1.29, 1.82) is 0 Å². The molecule has 0 fully saturated rings. The van der Waals surface area contributed by atoms with Gasteiger partial charge in [0.25, 0.3) is 6.47 Å². The van der Waals surface area contributed by atoms with E-state index in [-0.39, 0.29) is 47.8 Å². The molecule has 1 N–H and O–H groups in total. The van der Waals surface area contributed by atoms with Gasteiger partial charge < -0.3 is 5.11 Å². The Hall–Kier alpha value is 0.834. The Bertz CT molecular complexity index is 13.5. The molecule has 0 heterocycles. The minimum atomic E-state index is -0.250. The van der Waals surface area contributed by atoms with E-state index in [9.17, 15) is 0 Å². The van der Waals surface area contributed by atoms with Crippen LogP contribution in [0, 0.1) is 41.3 Å². The minimum Gasteiger partial charge on any atom is -0.483 e. The molecule has 1 radical (unpaired) electrons. The second-order valence-electron chi connectivity index (χ2n) is 0.105. The van der Waals surface area contributed by atoms with Crippen LogP contribution in [0.15, 0.2) is 0 Å². The Kier molecular flexibility index (Phi) is 20.2. The van der Waals surface area contributed by atoms with E-state index in [4.69, 9.17) is 9.90 Å². The van der Waals surface area contributed by atoms with Crippen LogP contribution in [0.1, 0.15) is 0 Å². The maximum absolute atomic E-state index is 8.36. The average Bonchev–Trinajstić information content (AvgIpc) is 0.918. The predicted molar refractivity (Wildman–Crippen MR) is 8.69 cm³/mol. The Morgan fingerprint density at radius 3 is 1.75 bits per heavy atom. The van der Waals surface area contributed by atoms with Gasteiger partial charge in [0.2, 0.25) is 0 Å². The van der Waals surface area contributed by atoms with Crippen molar-refractivity contribution in [2.75, 3.05) is 0 Å². The van der Waals surface area contributed by atoms with Crippen molar-refractivity contribution in [1.82, 2.24) is 0 Å². The van der Waals surface area contributed by atoms with E-state index in [0.717, 1.165) is 0 Å². The SMILES string of the molecule is O=CO.[Pr]. The molecule has 0 saturated carbocycles. The predicted octanol–water partition coefficient (Wildman–Crippen LogP) is -0.299. The summed E-state index contributed by atoms with van der Waals surface area (Å²) in [5.74, 6) is 0.